The van der Waals surface area contributed by atoms with Crippen molar-refractivity contribution < 1.29 is 19.1 Å². The van der Waals surface area contributed by atoms with Gasteiger partial charge in [-0.1, -0.05) is 25.5 Å². The second-order valence-electron chi connectivity index (χ2n) is 10.1. The fourth-order valence-electron chi connectivity index (χ4n) is 7.18. The molecule has 0 bridgehead atoms. The van der Waals surface area contributed by atoms with Crippen LogP contribution in [-0.2, 0) is 19.1 Å². The van der Waals surface area contributed by atoms with E-state index in [0.29, 0.717) is 17.8 Å². The molecule has 4 rings (SSSR count). The van der Waals surface area contributed by atoms with Crippen molar-refractivity contribution in [2.75, 3.05) is 0 Å². The van der Waals surface area contributed by atoms with Gasteiger partial charge < -0.3 is 10.1 Å². The fourth-order valence-corrected chi connectivity index (χ4v) is 7.18. The molecule has 2 saturated carbocycles. The number of ether oxygens (including phenoxy) is 1. The number of amides is 1. The van der Waals surface area contributed by atoms with Gasteiger partial charge in [0.05, 0.1) is 0 Å². The Kier molecular flexibility index (Phi) is 4.99. The van der Waals surface area contributed by atoms with Crippen LogP contribution < -0.4 is 5.32 Å². The van der Waals surface area contributed by atoms with Gasteiger partial charge in [0, 0.05) is 37.0 Å². The zero-order valence-electron chi connectivity index (χ0n) is 18.0. The van der Waals surface area contributed by atoms with Crippen LogP contribution in [0, 0.1) is 28.6 Å². The third-order valence-corrected chi connectivity index (χ3v) is 8.56. The number of fused-ring (bicyclic) bond motifs is 5. The molecule has 0 saturated heterocycles. The first kappa shape index (κ1) is 20.4. The van der Waals surface area contributed by atoms with Crippen molar-refractivity contribution in [3.8, 4) is 0 Å². The number of hydrogen-bond donors (Lipinski definition) is 1. The highest BCUT2D eigenvalue weighted by atomic mass is 16.5. The molecule has 29 heavy (non-hydrogen) atoms. The first-order valence-corrected chi connectivity index (χ1v) is 11.0. The normalized spacial score (nSPS) is 40.9. The van der Waals surface area contributed by atoms with Crippen molar-refractivity contribution in [2.24, 2.45) is 28.6 Å². The van der Waals surface area contributed by atoms with E-state index in [9.17, 15) is 14.4 Å². The first-order chi connectivity index (χ1) is 13.7. The molecule has 6 atom stereocenters. The SMILES string of the molecule is CC(=O)NC1=C(C=O)C[C@H]2[C@@H]3CC=C4C[C@@H](OC(C)=O)CC[C@]4(C)[C@H]3CC[C@]12C. The van der Waals surface area contributed by atoms with E-state index in [1.54, 1.807) is 0 Å². The number of aldehydes is 1. The predicted octanol–water partition coefficient (Wildman–Crippen LogP) is 4.08. The largest absolute Gasteiger partial charge is 0.462 e. The van der Waals surface area contributed by atoms with E-state index in [1.807, 2.05) is 0 Å². The molecule has 0 aliphatic heterocycles. The molecule has 0 aromatic heterocycles. The van der Waals surface area contributed by atoms with E-state index in [4.69, 9.17) is 4.74 Å². The Labute approximate surface area is 173 Å². The van der Waals surface area contributed by atoms with Crippen LogP contribution >= 0.6 is 0 Å². The zero-order chi connectivity index (χ0) is 21.0. The lowest BCUT2D eigenvalue weighted by Gasteiger charge is -2.57. The summed E-state index contributed by atoms with van der Waals surface area (Å²) in [4.78, 5) is 35.0. The van der Waals surface area contributed by atoms with Crippen LogP contribution in [0.2, 0.25) is 0 Å². The maximum absolute atomic E-state index is 11.8. The Morgan fingerprint density at radius 2 is 1.83 bits per heavy atom. The average molecular weight is 400 g/mol. The van der Waals surface area contributed by atoms with E-state index >= 15 is 0 Å². The Balaban J connectivity index is 1.61. The van der Waals surface area contributed by atoms with Crippen molar-refractivity contribution in [1.82, 2.24) is 5.32 Å². The number of rotatable bonds is 3. The minimum absolute atomic E-state index is 0.0124. The molecule has 5 heteroatoms. The summed E-state index contributed by atoms with van der Waals surface area (Å²) in [5, 5.41) is 3.01. The minimum atomic E-state index is -0.190. The number of nitrogens with one attached hydrogen (secondary N) is 1. The molecular weight excluding hydrogens is 366 g/mol. The van der Waals surface area contributed by atoms with Gasteiger partial charge in [-0.15, -0.1) is 0 Å². The molecule has 5 nitrogen and oxygen atoms in total. The highest BCUT2D eigenvalue weighted by Gasteiger charge is 2.58. The molecule has 0 heterocycles. The first-order valence-electron chi connectivity index (χ1n) is 11.0. The molecule has 4 aliphatic rings. The Morgan fingerprint density at radius 1 is 1.10 bits per heavy atom. The Morgan fingerprint density at radius 3 is 2.48 bits per heavy atom. The number of carbonyl (C=O) groups excluding carboxylic acids is 3. The van der Waals surface area contributed by atoms with Crippen molar-refractivity contribution in [3.05, 3.63) is 22.9 Å². The van der Waals surface area contributed by atoms with Gasteiger partial charge in [0.2, 0.25) is 5.91 Å². The van der Waals surface area contributed by atoms with Crippen LogP contribution in [-0.4, -0.2) is 24.3 Å². The summed E-state index contributed by atoms with van der Waals surface area (Å²) < 4.78 is 5.52. The maximum Gasteiger partial charge on any atom is 0.302 e. The summed E-state index contributed by atoms with van der Waals surface area (Å²) in [7, 11) is 0. The number of allylic oxidation sites excluding steroid dienone is 3. The van der Waals surface area contributed by atoms with Gasteiger partial charge in [-0.2, -0.15) is 0 Å². The molecule has 1 N–H and O–H groups in total. The van der Waals surface area contributed by atoms with Crippen LogP contribution in [0.3, 0.4) is 0 Å². The van der Waals surface area contributed by atoms with E-state index in [0.717, 1.165) is 62.5 Å². The van der Waals surface area contributed by atoms with Crippen LogP contribution in [0.1, 0.15) is 72.6 Å². The third-order valence-electron chi connectivity index (χ3n) is 8.56. The van der Waals surface area contributed by atoms with Gasteiger partial charge in [-0.05, 0) is 61.7 Å². The van der Waals surface area contributed by atoms with Gasteiger partial charge in [0.15, 0.2) is 0 Å². The number of hydrogen-bond acceptors (Lipinski definition) is 4. The highest BCUT2D eigenvalue weighted by molar-refractivity contribution is 5.81. The highest BCUT2D eigenvalue weighted by Crippen LogP contribution is 2.65. The van der Waals surface area contributed by atoms with Gasteiger partial charge in [-0.3, -0.25) is 14.4 Å². The standard InChI is InChI=1S/C24H33NO4/c1-14(27)25-22-16(13-26)11-21-19-6-5-17-12-18(29-15(2)28)7-9-23(17,3)20(19)8-10-24(21,22)4/h5,13,18-21H,6-12H2,1-4H3,(H,25,27)/t18-,19+,20-,21-,23-,24-/m0/s1. The summed E-state index contributed by atoms with van der Waals surface area (Å²) in [6.07, 6.45) is 10.1. The Bertz CT molecular complexity index is 812. The summed E-state index contributed by atoms with van der Waals surface area (Å²) in [5.74, 6) is 1.22. The molecule has 2 fully saturated rings. The zero-order valence-corrected chi connectivity index (χ0v) is 18.0. The number of carbonyl (C=O) groups is 3. The monoisotopic (exact) mass is 399 g/mol. The fraction of sp³-hybridized carbons (Fsp3) is 0.708. The summed E-state index contributed by atoms with van der Waals surface area (Å²) in [6.45, 7) is 7.66. The minimum Gasteiger partial charge on any atom is -0.462 e. The second-order valence-corrected chi connectivity index (χ2v) is 10.1. The molecular formula is C24H33NO4. The average Bonchev–Trinajstić information content (AvgIpc) is 2.93. The topological polar surface area (TPSA) is 72.5 Å². The van der Waals surface area contributed by atoms with Crippen LogP contribution in [0.25, 0.3) is 0 Å². The Hall–Kier alpha value is -1.91. The summed E-state index contributed by atoms with van der Waals surface area (Å²) in [6, 6.07) is 0. The smallest absolute Gasteiger partial charge is 0.302 e. The molecule has 158 valence electrons. The van der Waals surface area contributed by atoms with Crippen LogP contribution in [0.4, 0.5) is 0 Å². The molecule has 0 aromatic carbocycles. The van der Waals surface area contributed by atoms with E-state index < -0.39 is 0 Å². The lowest BCUT2D eigenvalue weighted by atomic mass is 9.48. The predicted molar refractivity (Wildman–Crippen MR) is 110 cm³/mol. The lowest BCUT2D eigenvalue weighted by molar-refractivity contribution is -0.148. The maximum atomic E-state index is 11.8. The lowest BCUT2D eigenvalue weighted by Crippen LogP contribution is -2.51. The van der Waals surface area contributed by atoms with Crippen LogP contribution in [0.15, 0.2) is 22.9 Å². The van der Waals surface area contributed by atoms with Gasteiger partial charge in [-0.25, -0.2) is 0 Å². The van der Waals surface area contributed by atoms with Gasteiger partial charge >= 0.3 is 5.97 Å². The molecule has 1 amide bonds. The molecule has 0 radical (unpaired) electrons. The van der Waals surface area contributed by atoms with Crippen LogP contribution in [0.5, 0.6) is 0 Å². The quantitative estimate of drug-likeness (QED) is 0.441. The number of esters is 1. The van der Waals surface area contributed by atoms with Gasteiger partial charge in [0.1, 0.15) is 12.4 Å². The van der Waals surface area contributed by atoms with E-state index in [1.165, 1.54) is 19.4 Å². The van der Waals surface area contributed by atoms with Crippen molar-refractivity contribution >= 4 is 18.2 Å². The molecule has 0 unspecified atom stereocenters. The van der Waals surface area contributed by atoms with Gasteiger partial charge in [0.25, 0.3) is 0 Å². The van der Waals surface area contributed by atoms with Crippen molar-refractivity contribution in [2.45, 2.75) is 78.7 Å². The van der Waals surface area contributed by atoms with Crippen molar-refractivity contribution in [1.29, 1.82) is 0 Å². The second kappa shape index (κ2) is 7.10. The third kappa shape index (κ3) is 3.17. The summed E-state index contributed by atoms with van der Waals surface area (Å²) in [5.41, 5.74) is 3.15. The van der Waals surface area contributed by atoms with E-state index in [2.05, 4.69) is 25.2 Å². The van der Waals surface area contributed by atoms with Crippen molar-refractivity contribution in [3.63, 3.8) is 0 Å². The molecule has 0 spiro atoms. The van der Waals surface area contributed by atoms with E-state index in [-0.39, 0.29) is 28.8 Å². The molecule has 4 aliphatic carbocycles. The summed E-state index contributed by atoms with van der Waals surface area (Å²) >= 11 is 0. The molecule has 0 aromatic rings.